The average Bonchev–Trinajstić information content (AvgIpc) is 3.17. The third kappa shape index (κ3) is 3.95. The molecule has 7 nitrogen and oxygen atoms in total. The average molecular weight is 378 g/mol. The Bertz CT molecular complexity index is 1020. The number of aromatic nitrogens is 4. The molecule has 136 valence electrons. The quantitative estimate of drug-likeness (QED) is 0.475. The van der Waals surface area contributed by atoms with E-state index in [-0.39, 0.29) is 0 Å². The Morgan fingerprint density at radius 2 is 1.74 bits per heavy atom. The maximum Gasteiger partial charge on any atom is 0.222 e. The number of nitrogens with zero attached hydrogens (tertiary/aromatic N) is 4. The number of benzene rings is 1. The molecule has 8 heteroatoms. The van der Waals surface area contributed by atoms with Crippen molar-refractivity contribution in [2.24, 2.45) is 0 Å². The van der Waals surface area contributed by atoms with Crippen LogP contribution >= 0.6 is 11.3 Å². The maximum atomic E-state index is 5.23. The van der Waals surface area contributed by atoms with Crippen LogP contribution < -0.4 is 15.4 Å². The molecule has 0 amide bonds. The molecule has 3 aromatic heterocycles. The second-order valence-electron chi connectivity index (χ2n) is 5.70. The van der Waals surface area contributed by atoms with Crippen LogP contribution in [-0.2, 0) is 0 Å². The lowest BCUT2D eigenvalue weighted by molar-refractivity contribution is 0.415. The molecule has 0 aliphatic carbocycles. The van der Waals surface area contributed by atoms with E-state index in [1.54, 1.807) is 43.2 Å². The molecule has 27 heavy (non-hydrogen) atoms. The van der Waals surface area contributed by atoms with Crippen molar-refractivity contribution in [2.75, 3.05) is 30.8 Å². The van der Waals surface area contributed by atoms with E-state index in [2.05, 4.69) is 36.6 Å². The van der Waals surface area contributed by atoms with E-state index in [0.29, 0.717) is 19.0 Å². The van der Waals surface area contributed by atoms with Crippen molar-refractivity contribution < 1.29 is 4.74 Å². The molecule has 4 rings (SSSR count). The molecule has 0 atom stereocenters. The number of anilines is 2. The molecule has 0 spiro atoms. The molecule has 0 unspecified atom stereocenters. The minimum atomic E-state index is 0.616. The first-order valence-corrected chi connectivity index (χ1v) is 9.29. The van der Waals surface area contributed by atoms with E-state index >= 15 is 0 Å². The van der Waals surface area contributed by atoms with Crippen LogP contribution in [0.4, 0.5) is 11.8 Å². The molecule has 0 aliphatic rings. The number of ether oxygens (including phenoxy) is 1. The van der Waals surface area contributed by atoms with Crippen molar-refractivity contribution in [2.45, 2.75) is 0 Å². The van der Waals surface area contributed by atoms with Gasteiger partial charge in [0, 0.05) is 30.4 Å². The Kier molecular flexibility index (Phi) is 5.06. The van der Waals surface area contributed by atoms with Crippen molar-refractivity contribution >= 4 is 33.3 Å². The van der Waals surface area contributed by atoms with Crippen molar-refractivity contribution in [3.05, 3.63) is 55.1 Å². The molecular formula is C19H18N6OS. The maximum absolute atomic E-state index is 5.23. The summed E-state index contributed by atoms with van der Waals surface area (Å²) in [6.07, 6.45) is 5.01. The van der Waals surface area contributed by atoms with Crippen LogP contribution in [0.15, 0.2) is 55.1 Å². The molecule has 0 bridgehead atoms. The standard InChI is InChI=1S/C19H18N6OS/c1-26-14-5-3-13(4-6-14)16-11-15-17(27-16)18(25-12-24-15)20-9-10-23-19-21-7-2-8-22-19/h2-8,11-12H,9-10H2,1H3,(H,20,24,25)(H,21,22,23). The molecule has 0 radical (unpaired) electrons. The molecule has 2 N–H and O–H groups in total. The molecule has 1 aromatic carbocycles. The zero-order chi connectivity index (χ0) is 18.5. The topological polar surface area (TPSA) is 84.9 Å². The molecule has 0 fully saturated rings. The third-order valence-corrected chi connectivity index (χ3v) is 5.13. The van der Waals surface area contributed by atoms with Crippen molar-refractivity contribution in [3.8, 4) is 16.2 Å². The van der Waals surface area contributed by atoms with E-state index in [4.69, 9.17) is 4.74 Å². The first-order chi connectivity index (χ1) is 13.3. The summed E-state index contributed by atoms with van der Waals surface area (Å²) in [7, 11) is 1.67. The second-order valence-corrected chi connectivity index (χ2v) is 6.75. The fraction of sp³-hybridized carbons (Fsp3) is 0.158. The van der Waals surface area contributed by atoms with Crippen LogP contribution in [-0.4, -0.2) is 40.1 Å². The van der Waals surface area contributed by atoms with Gasteiger partial charge in [0.1, 0.15) is 17.9 Å². The van der Waals surface area contributed by atoms with Gasteiger partial charge in [-0.05, 0) is 42.0 Å². The van der Waals surface area contributed by atoms with Crippen LogP contribution in [0, 0.1) is 0 Å². The van der Waals surface area contributed by atoms with E-state index in [9.17, 15) is 0 Å². The normalized spacial score (nSPS) is 10.7. The summed E-state index contributed by atoms with van der Waals surface area (Å²) >= 11 is 1.67. The Morgan fingerprint density at radius 1 is 0.963 bits per heavy atom. The van der Waals surface area contributed by atoms with Gasteiger partial charge in [0.25, 0.3) is 0 Å². The van der Waals surface area contributed by atoms with Crippen LogP contribution in [0.5, 0.6) is 5.75 Å². The zero-order valence-corrected chi connectivity index (χ0v) is 15.5. The lowest BCUT2D eigenvalue weighted by Gasteiger charge is -2.07. The first kappa shape index (κ1) is 17.2. The first-order valence-electron chi connectivity index (χ1n) is 8.47. The van der Waals surface area contributed by atoms with Crippen LogP contribution in [0.1, 0.15) is 0 Å². The minimum absolute atomic E-state index is 0.616. The van der Waals surface area contributed by atoms with Gasteiger partial charge < -0.3 is 15.4 Å². The van der Waals surface area contributed by atoms with Crippen LogP contribution in [0.3, 0.4) is 0 Å². The number of thiophene rings is 1. The van der Waals surface area contributed by atoms with Gasteiger partial charge in [0.05, 0.1) is 17.3 Å². The van der Waals surface area contributed by atoms with Crippen molar-refractivity contribution in [1.29, 1.82) is 0 Å². The summed E-state index contributed by atoms with van der Waals surface area (Å²) in [5, 5.41) is 6.53. The minimum Gasteiger partial charge on any atom is -0.497 e. The lowest BCUT2D eigenvalue weighted by atomic mass is 10.2. The van der Waals surface area contributed by atoms with Gasteiger partial charge in [-0.25, -0.2) is 19.9 Å². The highest BCUT2D eigenvalue weighted by atomic mass is 32.1. The highest BCUT2D eigenvalue weighted by Gasteiger charge is 2.10. The van der Waals surface area contributed by atoms with E-state index in [0.717, 1.165) is 32.2 Å². The monoisotopic (exact) mass is 378 g/mol. The zero-order valence-electron chi connectivity index (χ0n) is 14.7. The Labute approximate surface area is 160 Å². The van der Waals surface area contributed by atoms with Gasteiger partial charge in [0.2, 0.25) is 5.95 Å². The predicted molar refractivity (Wildman–Crippen MR) is 108 cm³/mol. The predicted octanol–water partition coefficient (Wildman–Crippen LogP) is 3.68. The SMILES string of the molecule is COc1ccc(-c2cc3ncnc(NCCNc4ncccn4)c3s2)cc1. The van der Waals surface area contributed by atoms with Crippen LogP contribution in [0.2, 0.25) is 0 Å². The van der Waals surface area contributed by atoms with Gasteiger partial charge in [0.15, 0.2) is 0 Å². The van der Waals surface area contributed by atoms with Gasteiger partial charge in [-0.15, -0.1) is 11.3 Å². The molecule has 0 saturated carbocycles. The smallest absolute Gasteiger partial charge is 0.222 e. The lowest BCUT2D eigenvalue weighted by Crippen LogP contribution is -2.15. The van der Waals surface area contributed by atoms with Gasteiger partial charge in [-0.3, -0.25) is 0 Å². The molecular weight excluding hydrogens is 360 g/mol. The largest absolute Gasteiger partial charge is 0.497 e. The van der Waals surface area contributed by atoms with Gasteiger partial charge >= 0.3 is 0 Å². The third-order valence-electron chi connectivity index (χ3n) is 3.95. The molecule has 0 saturated heterocycles. The fourth-order valence-corrected chi connectivity index (χ4v) is 3.71. The fourth-order valence-electron chi connectivity index (χ4n) is 2.62. The summed E-state index contributed by atoms with van der Waals surface area (Å²) < 4.78 is 6.27. The van der Waals surface area contributed by atoms with E-state index in [1.807, 2.05) is 24.3 Å². The van der Waals surface area contributed by atoms with Gasteiger partial charge in [-0.2, -0.15) is 0 Å². The Hall–Kier alpha value is -3.26. The number of nitrogens with one attached hydrogen (secondary N) is 2. The number of fused-ring (bicyclic) bond motifs is 1. The summed E-state index contributed by atoms with van der Waals surface area (Å²) in [5.74, 6) is 2.29. The van der Waals surface area contributed by atoms with E-state index < -0.39 is 0 Å². The van der Waals surface area contributed by atoms with Crippen molar-refractivity contribution in [1.82, 2.24) is 19.9 Å². The summed E-state index contributed by atoms with van der Waals surface area (Å²) in [6.45, 7) is 1.38. The van der Waals surface area contributed by atoms with Gasteiger partial charge in [-0.1, -0.05) is 0 Å². The Morgan fingerprint density at radius 3 is 2.52 bits per heavy atom. The van der Waals surface area contributed by atoms with Crippen molar-refractivity contribution in [3.63, 3.8) is 0 Å². The summed E-state index contributed by atoms with van der Waals surface area (Å²) in [6, 6.07) is 11.9. The summed E-state index contributed by atoms with van der Waals surface area (Å²) in [5.41, 5.74) is 2.07. The molecule has 3 heterocycles. The number of hydrogen-bond donors (Lipinski definition) is 2. The van der Waals surface area contributed by atoms with E-state index in [1.165, 1.54) is 0 Å². The highest BCUT2D eigenvalue weighted by molar-refractivity contribution is 7.22. The summed E-state index contributed by atoms with van der Waals surface area (Å²) in [4.78, 5) is 18.2. The highest BCUT2D eigenvalue weighted by Crippen LogP contribution is 2.36. The number of methoxy groups -OCH3 is 1. The number of rotatable bonds is 7. The second kappa shape index (κ2) is 7.96. The molecule has 4 aromatic rings. The Balaban J connectivity index is 1.47. The van der Waals surface area contributed by atoms with Crippen LogP contribution in [0.25, 0.3) is 20.7 Å². The molecule has 0 aliphatic heterocycles. The number of hydrogen-bond acceptors (Lipinski definition) is 8.